The fourth-order valence-electron chi connectivity index (χ4n) is 14.6. The molecule has 6 aliphatic heterocycles. The number of aliphatic hydroxyl groups excluding tert-OH is 1. The van der Waals surface area contributed by atoms with E-state index in [0.717, 1.165) is 198 Å². The van der Waals surface area contributed by atoms with Crippen molar-refractivity contribution in [1.82, 2.24) is 54.4 Å². The van der Waals surface area contributed by atoms with Crippen molar-refractivity contribution in [1.29, 1.82) is 0 Å². The minimum Gasteiger partial charge on any atom is -0.394 e. The van der Waals surface area contributed by atoms with Crippen molar-refractivity contribution in [3.63, 3.8) is 0 Å². The lowest BCUT2D eigenvalue weighted by molar-refractivity contribution is 0.122. The van der Waals surface area contributed by atoms with Gasteiger partial charge in [-0.25, -0.2) is 29.9 Å². The Morgan fingerprint density at radius 1 is 0.417 bits per heavy atom. The van der Waals surface area contributed by atoms with Crippen molar-refractivity contribution in [2.75, 3.05) is 149 Å². The first-order valence-corrected chi connectivity index (χ1v) is 148. The van der Waals surface area contributed by atoms with Gasteiger partial charge < -0.3 is 49.1 Å². The van der Waals surface area contributed by atoms with Crippen molar-refractivity contribution in [2.45, 2.75) is 87.6 Å². The van der Waals surface area contributed by atoms with Crippen LogP contribution in [0, 0.1) is 13.8 Å². The maximum Gasteiger partial charge on any atom is 0.189 e. The molecule has 0 radical (unpaired) electrons. The number of rotatable bonds is 38. The quantitative estimate of drug-likeness (QED) is 0.0161. The number of halogens is 1. The predicted molar refractivity (Wildman–Crippen MR) is 807 cm³/mol. The third-order valence-corrected chi connectivity index (χ3v) is 418. The number of ether oxygens (including phenoxy) is 3. The fraction of sp³-hybridized carbons (Fsp3) is 0.525. The van der Waals surface area contributed by atoms with Gasteiger partial charge in [-0.05, 0) is 291 Å². The molecule has 6 aliphatic rings. The molecule has 2 aromatic carbocycles. The zero-order chi connectivity index (χ0) is 102. The lowest BCUT2D eigenvalue weighted by Crippen LogP contribution is -2.40. The summed E-state index contributed by atoms with van der Waals surface area (Å²) in [6, 6.07) is 21.8. The first-order valence-electron chi connectivity index (χ1n) is 42.0. The Balaban J connectivity index is 0.000000205. The molecule has 80 heteroatoms. The Bertz CT molecular complexity index is 4950. The van der Waals surface area contributed by atoms with Gasteiger partial charge in [0.15, 0.2) is 21.6 Å². The van der Waals surface area contributed by atoms with E-state index in [-0.39, 0.29) is 201 Å². The highest BCUT2D eigenvalue weighted by Crippen LogP contribution is 3.48. The smallest absolute Gasteiger partial charge is 0.189 e. The lowest BCUT2D eigenvalue weighted by atomic mass is 9.98. The van der Waals surface area contributed by atoms with Crippen molar-refractivity contribution >= 4 is 553 Å². The summed E-state index contributed by atoms with van der Waals surface area (Å²) in [4.78, 5) is 40.4. The molecule has 6 saturated heterocycles. The topological polar surface area (TPSA) is 188 Å². The van der Waals surface area contributed by atoms with Gasteiger partial charge in [0.1, 0.15) is 34.2 Å². The number of morpholine rings is 2. The molecule has 6 aromatic heterocycles. The van der Waals surface area contributed by atoms with E-state index in [9.17, 15) is 0 Å². The van der Waals surface area contributed by atoms with Crippen molar-refractivity contribution in [3.8, 4) is 0 Å². The number of piperidine rings is 2. The number of hydrogen-bond donors (Lipinski definition) is 2. The maximum atomic E-state index is 7.94. The van der Waals surface area contributed by atoms with E-state index >= 15 is 0 Å². The second-order valence-corrected chi connectivity index (χ2v) is 265. The van der Waals surface area contributed by atoms with Crippen molar-refractivity contribution in [3.05, 3.63) is 88.3 Å². The predicted octanol–water partition coefficient (Wildman–Crippen LogP) is 42.3. The Labute approximate surface area is 940 Å². The molecular formula is C59H136ClN16O4P57S2. The van der Waals surface area contributed by atoms with Gasteiger partial charge in [-0.2, -0.15) is 19.2 Å². The summed E-state index contributed by atoms with van der Waals surface area (Å²) in [6.45, 7) is 12.3. The largest absolute Gasteiger partial charge is 0.394 e. The van der Waals surface area contributed by atoms with Crippen LogP contribution in [-0.2, 0) is 14.2 Å². The van der Waals surface area contributed by atoms with Crippen LogP contribution in [0.15, 0.2) is 71.0 Å². The third kappa shape index (κ3) is 40.6. The summed E-state index contributed by atoms with van der Waals surface area (Å²) in [5.74, 6) is 5.42. The number of fused-ring (bicyclic) bond motifs is 4. The Morgan fingerprint density at radius 3 is 1.14 bits per heavy atom. The highest BCUT2D eigenvalue weighted by Gasteiger charge is 2.61. The van der Waals surface area contributed by atoms with E-state index in [2.05, 4.69) is 357 Å². The Kier molecular flexibility index (Phi) is 72.1. The molecule has 35 atom stereocenters. The number of thioether (sulfide) groups is 2. The average Bonchev–Trinajstić information content (AvgIpc) is 1.48. The SMILES string of the molecule is COCCO.CSc1nc(Cl)c2cc(C)ccc2n1.CSc1nc(N2CCCCC2c2cc3nc(N4CCC4)cc(N4CCOCC4)n3n2)c2cc(C)ccc2n1.PPP(P(P)P)P(P(P)P)P(P(P(P(P)P)P(P)P)P(P(P)P)P(P)P)P(P(P(P(P)P)P(P)P)P(P(P)P)P(P)P)P(P(P(P)P)P(P)P)P(P(P)P)P(P)P.c1c(N2CCC2)nc2cc(C3CCCCN3)nn2c1N1CCOCC1. The summed E-state index contributed by atoms with van der Waals surface area (Å²) in [7, 11) is 105. The summed E-state index contributed by atoms with van der Waals surface area (Å²) in [5, 5.41) is 25.8. The van der Waals surface area contributed by atoms with E-state index in [4.69, 9.17) is 56.3 Å². The van der Waals surface area contributed by atoms with E-state index in [0.29, 0.717) is 23.0 Å². The molecule has 0 amide bonds. The van der Waals surface area contributed by atoms with E-state index in [1.54, 1.807) is 18.9 Å². The summed E-state index contributed by atoms with van der Waals surface area (Å²) in [5.41, 5.74) is 8.37. The van der Waals surface area contributed by atoms with Crippen LogP contribution < -0.4 is 29.8 Å². The zero-order valence-corrected chi connectivity index (χ0v) is 138. The third-order valence-electron chi connectivity index (χ3n) is 20.8. The number of nitrogens with one attached hydrogen (secondary N) is 1. The molecule has 780 valence electrons. The zero-order valence-electron chi connectivity index (χ0n) is 77.3. The number of hydrogen-bond acceptors (Lipinski definition) is 20. The normalized spacial score (nSPS) is 18.0. The number of benzene rings is 2. The van der Waals surface area contributed by atoms with Gasteiger partial charge in [-0.1, -0.05) is 72.8 Å². The lowest BCUT2D eigenvalue weighted by Gasteiger charge is -2.59. The molecule has 139 heavy (non-hydrogen) atoms. The molecule has 20 nitrogen and oxygen atoms in total. The van der Waals surface area contributed by atoms with E-state index in [1.807, 2.05) is 42.1 Å². The first-order chi connectivity index (χ1) is 66.1. The molecule has 35 unspecified atom stereocenters. The molecule has 0 bridgehead atoms. The molecule has 0 saturated carbocycles. The average molecular weight is 3000 g/mol. The monoisotopic (exact) mass is 3000 g/mol. The molecule has 14 rings (SSSR count). The summed E-state index contributed by atoms with van der Waals surface area (Å²) < 4.78 is 19.7. The molecule has 0 spiro atoms. The Hall–Kier alpha value is 18.7. The highest BCUT2D eigenvalue weighted by molar-refractivity contribution is 9.53. The van der Waals surface area contributed by atoms with Crippen LogP contribution in [0.25, 0.3) is 33.1 Å². The van der Waals surface area contributed by atoms with Gasteiger partial charge in [0.2, 0.25) is 0 Å². The standard InChI is InChI=1S/C28H34N8OS.C18H26N6O.C10H9ClN2S.C3H8O2.H59P57/c1-19-7-8-21-20(16-19)27(31-28(29-21)38-2)35-11-4-3-6-23(35)22-17-25-30-24(33-9-5-10-33)18-26(36(25)32-22)34-12-14-37-15-13-34;1-2-5-19-14(4-1)15-12-17-20-16(22-6-3-7-22)13-18(24(17)21-15)23-8-10-25-11-9-23;1-6-3-4-8-7(5-6)9(11)13-10(12-8)14-2;1-5-3-2-4;1-30-45(31(2)3)52(44(28)29)56(53(46(32(4)5)33(6)7)47(34(8)9)35(10)11)57(54(48(36(12)13)37(14)15)49(38(16)17)39(18)19)55(50(40(20)21)41(22)23)51(42(24)25)43(26)27/h7-8,16-18,23H,3-6,9-15H2,1-2H3;12-14,19H,1-11H2;3-5H,1-2H3;4H,2-3H2,1H3;30H,1-29H2. The van der Waals surface area contributed by atoms with Gasteiger partial charge in [0.05, 0.1) is 74.1 Å². The summed E-state index contributed by atoms with van der Waals surface area (Å²) in [6.07, 6.45) is 13.5. The number of anilines is 5. The maximum absolute atomic E-state index is 7.94. The number of methoxy groups -OCH3 is 1. The van der Waals surface area contributed by atoms with Crippen LogP contribution in [-0.4, -0.2) is 179 Å². The van der Waals surface area contributed by atoms with Crippen molar-refractivity contribution in [2.24, 2.45) is 0 Å². The molecule has 8 aromatic rings. The molecule has 12 heterocycles. The highest BCUT2D eigenvalue weighted by atomic mass is 35.5. The van der Waals surface area contributed by atoms with Gasteiger partial charge in [-0.15, -0.1) is 259 Å². The number of nitrogens with zero attached hydrogens (tertiary/aromatic N) is 15. The van der Waals surface area contributed by atoms with Crippen molar-refractivity contribution < 1.29 is 19.3 Å². The van der Waals surface area contributed by atoms with Gasteiger partial charge in [-0.3, -0.25) is 0 Å². The van der Waals surface area contributed by atoms with Crippen LogP contribution >= 0.6 is 491 Å². The minimum absolute atomic E-state index is 0.102. The molecule has 2 N–H and O–H groups in total. The number of aromatic nitrogens is 10. The first kappa shape index (κ1) is 139. The second-order valence-electron chi connectivity index (χ2n) is 30.5. The van der Waals surface area contributed by atoms with Crippen LogP contribution in [0.5, 0.6) is 0 Å². The van der Waals surface area contributed by atoms with E-state index < -0.39 is 0 Å². The number of aliphatic hydroxyl groups is 1. The number of aryl methyl sites for hydroxylation is 2. The van der Waals surface area contributed by atoms with Crippen LogP contribution in [0.3, 0.4) is 0 Å². The summed E-state index contributed by atoms with van der Waals surface area (Å²) >= 11 is 9.14. The van der Waals surface area contributed by atoms with Crippen LogP contribution in [0.1, 0.15) is 86.0 Å². The van der Waals surface area contributed by atoms with Crippen LogP contribution in [0.2, 0.25) is 5.15 Å². The fourth-order valence-corrected chi connectivity index (χ4v) is 832. The molecular weight excluding hydrogens is 2860 g/mol. The van der Waals surface area contributed by atoms with Gasteiger partial charge in [0, 0.05) is 101 Å². The Morgan fingerprint density at radius 2 is 0.791 bits per heavy atom. The van der Waals surface area contributed by atoms with E-state index in [1.165, 1.54) is 55.0 Å². The molecule has 6 fully saturated rings. The van der Waals surface area contributed by atoms with Gasteiger partial charge in [0.25, 0.3) is 0 Å². The second kappa shape index (κ2) is 72.0. The van der Waals surface area contributed by atoms with Crippen LogP contribution in [0.4, 0.5) is 29.1 Å². The van der Waals surface area contributed by atoms with Gasteiger partial charge >= 0.3 is 0 Å². The minimum atomic E-state index is -0.247. The molecule has 0 aliphatic carbocycles.